The van der Waals surface area contributed by atoms with E-state index in [0.717, 1.165) is 0 Å². The van der Waals surface area contributed by atoms with E-state index in [4.69, 9.17) is 11.6 Å². The number of thioether (sulfide) groups is 1. The number of hydrogen-bond donors (Lipinski definition) is 1. The zero-order valence-corrected chi connectivity index (χ0v) is 16.4. The highest BCUT2D eigenvalue weighted by Gasteiger charge is 2.17. The molecule has 0 atom stereocenters. The minimum Gasteiger partial charge on any atom is -0.325 e. The zero-order valence-electron chi connectivity index (χ0n) is 14.9. The molecule has 1 aromatic carbocycles. The van der Waals surface area contributed by atoms with Gasteiger partial charge in [-0.05, 0) is 42.5 Å². The van der Waals surface area contributed by atoms with Crippen LogP contribution in [0.1, 0.15) is 0 Å². The molecule has 0 bridgehead atoms. The van der Waals surface area contributed by atoms with Crippen LogP contribution in [0.2, 0.25) is 5.02 Å². The Morgan fingerprint density at radius 2 is 1.97 bits per heavy atom. The lowest BCUT2D eigenvalue weighted by Gasteiger charge is -2.11. The Morgan fingerprint density at radius 3 is 2.69 bits per heavy atom. The highest BCUT2D eigenvalue weighted by molar-refractivity contribution is 7.99. The highest BCUT2D eigenvalue weighted by atomic mass is 35.5. The largest absolute Gasteiger partial charge is 0.325 e. The van der Waals surface area contributed by atoms with Gasteiger partial charge in [0.1, 0.15) is 11.5 Å². The second-order valence-corrected chi connectivity index (χ2v) is 7.21. The Bertz CT molecular complexity index is 1130. The van der Waals surface area contributed by atoms with E-state index in [1.165, 1.54) is 30.0 Å². The fraction of sp³-hybridized carbons (Fsp3) is 0.0526. The molecule has 0 saturated carbocycles. The van der Waals surface area contributed by atoms with Gasteiger partial charge in [-0.2, -0.15) is 0 Å². The first-order valence-electron chi connectivity index (χ1n) is 8.50. The molecule has 1 N–H and O–H groups in total. The molecule has 3 aromatic heterocycles. The molecule has 29 heavy (non-hydrogen) atoms. The van der Waals surface area contributed by atoms with Crippen molar-refractivity contribution in [2.24, 2.45) is 0 Å². The predicted octanol–water partition coefficient (Wildman–Crippen LogP) is 3.98. The third-order valence-electron chi connectivity index (χ3n) is 3.86. The molecule has 0 fully saturated rings. The van der Waals surface area contributed by atoms with Gasteiger partial charge in [0.05, 0.1) is 10.8 Å². The van der Waals surface area contributed by atoms with Crippen molar-refractivity contribution < 1.29 is 9.18 Å². The molecular formula is C19H14ClFN6OS. The van der Waals surface area contributed by atoms with Crippen molar-refractivity contribution in [1.82, 2.24) is 24.5 Å². The lowest BCUT2D eigenvalue weighted by Crippen LogP contribution is -2.16. The van der Waals surface area contributed by atoms with Crippen LogP contribution in [0.3, 0.4) is 0 Å². The number of nitrogens with zero attached hydrogens (tertiary/aromatic N) is 5. The van der Waals surface area contributed by atoms with E-state index in [-0.39, 0.29) is 16.7 Å². The summed E-state index contributed by atoms with van der Waals surface area (Å²) >= 11 is 6.96. The van der Waals surface area contributed by atoms with Crippen LogP contribution in [0.25, 0.3) is 11.5 Å². The van der Waals surface area contributed by atoms with Crippen molar-refractivity contribution >= 4 is 35.0 Å². The van der Waals surface area contributed by atoms with Gasteiger partial charge in [0.15, 0.2) is 0 Å². The fourth-order valence-corrected chi connectivity index (χ4v) is 3.49. The van der Waals surface area contributed by atoms with Crippen molar-refractivity contribution in [3.8, 4) is 11.5 Å². The van der Waals surface area contributed by atoms with E-state index >= 15 is 0 Å². The minimum atomic E-state index is -0.541. The standard InChI is InChI=1S/C19H14ClFN6OS/c20-14-11-13(6-7-15(14)21)23-17(28)12-29-19-25-24-18(16-5-1-2-8-22-16)27(19)26-9-3-4-10-26/h1-11H,12H2,(H,23,28). The Morgan fingerprint density at radius 1 is 1.14 bits per heavy atom. The van der Waals surface area contributed by atoms with Gasteiger partial charge in [0.25, 0.3) is 0 Å². The van der Waals surface area contributed by atoms with Crippen molar-refractivity contribution in [2.45, 2.75) is 5.16 Å². The molecule has 0 radical (unpaired) electrons. The SMILES string of the molecule is O=C(CSc1nnc(-c2ccccn2)n1-n1cccc1)Nc1ccc(F)c(Cl)c1. The Balaban J connectivity index is 1.53. The van der Waals surface area contributed by atoms with E-state index in [9.17, 15) is 9.18 Å². The second-order valence-electron chi connectivity index (χ2n) is 5.86. The van der Waals surface area contributed by atoms with E-state index < -0.39 is 5.82 Å². The maximum atomic E-state index is 13.3. The second kappa shape index (κ2) is 8.46. The summed E-state index contributed by atoms with van der Waals surface area (Å²) in [6, 6.07) is 13.3. The van der Waals surface area contributed by atoms with Gasteiger partial charge in [-0.25, -0.2) is 9.07 Å². The summed E-state index contributed by atoms with van der Waals surface area (Å²) in [6.07, 6.45) is 5.37. The normalized spacial score (nSPS) is 10.8. The number of amides is 1. The molecule has 10 heteroatoms. The van der Waals surface area contributed by atoms with Gasteiger partial charge in [-0.15, -0.1) is 10.2 Å². The Hall–Kier alpha value is -3.17. The van der Waals surface area contributed by atoms with Gasteiger partial charge >= 0.3 is 0 Å². The number of halogens is 2. The molecule has 146 valence electrons. The zero-order chi connectivity index (χ0) is 20.2. The van der Waals surface area contributed by atoms with Crippen LogP contribution >= 0.6 is 23.4 Å². The van der Waals surface area contributed by atoms with Gasteiger partial charge in [-0.3, -0.25) is 14.5 Å². The van der Waals surface area contributed by atoms with E-state index in [0.29, 0.717) is 22.4 Å². The minimum absolute atomic E-state index is 0.0530. The van der Waals surface area contributed by atoms with Gasteiger partial charge in [0, 0.05) is 24.3 Å². The molecule has 0 spiro atoms. The number of pyridine rings is 1. The molecule has 3 heterocycles. The molecular weight excluding hydrogens is 415 g/mol. The average Bonchev–Trinajstić information content (AvgIpc) is 3.39. The Labute approximate surface area is 174 Å². The van der Waals surface area contributed by atoms with Crippen LogP contribution in [-0.4, -0.2) is 36.2 Å². The highest BCUT2D eigenvalue weighted by Crippen LogP contribution is 2.24. The lowest BCUT2D eigenvalue weighted by molar-refractivity contribution is -0.113. The summed E-state index contributed by atoms with van der Waals surface area (Å²) in [7, 11) is 0. The van der Waals surface area contributed by atoms with Crippen molar-refractivity contribution in [2.75, 3.05) is 11.1 Å². The average molecular weight is 429 g/mol. The third kappa shape index (κ3) is 4.30. The first-order valence-corrected chi connectivity index (χ1v) is 9.86. The van der Waals surface area contributed by atoms with Gasteiger partial charge in [-0.1, -0.05) is 29.4 Å². The number of carbonyl (C=O) groups is 1. The van der Waals surface area contributed by atoms with Crippen LogP contribution < -0.4 is 5.32 Å². The van der Waals surface area contributed by atoms with E-state index in [1.54, 1.807) is 10.9 Å². The Kier molecular flexibility index (Phi) is 5.59. The number of nitrogens with one attached hydrogen (secondary N) is 1. The monoisotopic (exact) mass is 428 g/mol. The number of anilines is 1. The molecule has 0 aliphatic heterocycles. The van der Waals surface area contributed by atoms with Crippen LogP contribution in [0.15, 0.2) is 72.3 Å². The number of benzene rings is 1. The number of carbonyl (C=O) groups excluding carboxylic acids is 1. The quantitative estimate of drug-likeness (QED) is 0.470. The maximum Gasteiger partial charge on any atom is 0.234 e. The molecule has 0 aliphatic rings. The summed E-state index contributed by atoms with van der Waals surface area (Å²) in [5, 5.41) is 11.6. The first kappa shape index (κ1) is 19.2. The molecule has 4 aromatic rings. The predicted molar refractivity (Wildman–Crippen MR) is 109 cm³/mol. The van der Waals surface area contributed by atoms with Crippen LogP contribution in [-0.2, 0) is 4.79 Å². The van der Waals surface area contributed by atoms with E-state index in [1.807, 2.05) is 47.4 Å². The van der Waals surface area contributed by atoms with Crippen molar-refractivity contribution in [3.05, 3.63) is 78.0 Å². The van der Waals surface area contributed by atoms with Crippen LogP contribution in [0.5, 0.6) is 0 Å². The third-order valence-corrected chi connectivity index (χ3v) is 5.07. The molecule has 1 amide bonds. The topological polar surface area (TPSA) is 77.6 Å². The van der Waals surface area contributed by atoms with Gasteiger partial charge in [0.2, 0.25) is 16.9 Å². The smallest absolute Gasteiger partial charge is 0.234 e. The number of hydrogen-bond acceptors (Lipinski definition) is 5. The maximum absolute atomic E-state index is 13.3. The fourth-order valence-electron chi connectivity index (χ4n) is 2.58. The summed E-state index contributed by atoms with van der Waals surface area (Å²) in [6.45, 7) is 0. The first-order chi connectivity index (χ1) is 14.1. The molecule has 7 nitrogen and oxygen atoms in total. The molecule has 0 unspecified atom stereocenters. The van der Waals surface area contributed by atoms with Crippen molar-refractivity contribution in [3.63, 3.8) is 0 Å². The number of rotatable bonds is 6. The molecule has 0 saturated heterocycles. The van der Waals surface area contributed by atoms with E-state index in [2.05, 4.69) is 20.5 Å². The summed E-state index contributed by atoms with van der Waals surface area (Å²) < 4.78 is 16.8. The molecule has 0 aliphatic carbocycles. The summed E-state index contributed by atoms with van der Waals surface area (Å²) in [4.78, 5) is 16.6. The summed E-state index contributed by atoms with van der Waals surface area (Å²) in [5.41, 5.74) is 1.08. The summed E-state index contributed by atoms with van der Waals surface area (Å²) in [5.74, 6) is -0.188. The van der Waals surface area contributed by atoms with Crippen LogP contribution in [0.4, 0.5) is 10.1 Å². The molecule has 4 rings (SSSR count). The number of aromatic nitrogens is 5. The lowest BCUT2D eigenvalue weighted by atomic mass is 10.3. The van der Waals surface area contributed by atoms with Gasteiger partial charge < -0.3 is 5.32 Å². The van der Waals surface area contributed by atoms with Crippen LogP contribution in [0, 0.1) is 5.82 Å². The van der Waals surface area contributed by atoms with Crippen molar-refractivity contribution in [1.29, 1.82) is 0 Å².